The van der Waals surface area contributed by atoms with Crippen LogP contribution >= 0.6 is 15.6 Å². The number of carbonyl (C=O) groups excluding carboxylic acids is 4. The molecular weight excluding hydrogens is 1380 g/mol. The Labute approximate surface area is 642 Å². The molecule has 19 heteroatoms. The number of hydrogen-bond acceptors (Lipinski definition) is 15. The fraction of sp³-hybridized carbons (Fsp3) is 0.632. The molecule has 0 heterocycles. The molecule has 5 atom stereocenters. The number of rotatable bonds is 74. The zero-order valence-corrected chi connectivity index (χ0v) is 67.6. The largest absolute Gasteiger partial charge is 0.472 e. The number of aliphatic hydroxyl groups is 1. The van der Waals surface area contributed by atoms with Crippen molar-refractivity contribution in [3.05, 3.63) is 170 Å². The van der Waals surface area contributed by atoms with Gasteiger partial charge in [0.05, 0.1) is 26.4 Å². The molecule has 0 amide bonds. The van der Waals surface area contributed by atoms with Crippen molar-refractivity contribution in [3.63, 3.8) is 0 Å². The average Bonchev–Trinajstić information content (AvgIpc) is 0.902. The lowest BCUT2D eigenvalue weighted by atomic mass is 10.1. The summed E-state index contributed by atoms with van der Waals surface area (Å²) in [7, 11) is -10.0. The van der Waals surface area contributed by atoms with Gasteiger partial charge in [-0.15, -0.1) is 0 Å². The Kier molecular flexibility index (Phi) is 73.5. The van der Waals surface area contributed by atoms with Gasteiger partial charge >= 0.3 is 39.5 Å². The summed E-state index contributed by atoms with van der Waals surface area (Å²) in [5.41, 5.74) is 0. The number of esters is 4. The van der Waals surface area contributed by atoms with Gasteiger partial charge in [-0.3, -0.25) is 37.3 Å². The van der Waals surface area contributed by atoms with Crippen molar-refractivity contribution in [2.24, 2.45) is 0 Å². The smallest absolute Gasteiger partial charge is 0.462 e. The molecule has 3 N–H and O–H groups in total. The molecule has 0 saturated heterocycles. The molecule has 0 rings (SSSR count). The Morgan fingerprint density at radius 3 is 0.849 bits per heavy atom. The van der Waals surface area contributed by atoms with E-state index in [9.17, 15) is 43.2 Å². The molecule has 0 spiro atoms. The van der Waals surface area contributed by atoms with Crippen LogP contribution in [0.4, 0.5) is 0 Å². The lowest BCUT2D eigenvalue weighted by Crippen LogP contribution is -2.30. The summed E-state index contributed by atoms with van der Waals surface area (Å²) in [5, 5.41) is 10.6. The highest BCUT2D eigenvalue weighted by atomic mass is 31.2. The maximum atomic E-state index is 13.1. The third-order valence-electron chi connectivity index (χ3n) is 16.1. The van der Waals surface area contributed by atoms with Gasteiger partial charge in [-0.05, 0) is 167 Å². The SMILES string of the molecule is CC/C=C\C/C=C\C/C=C\C/C=C\C/C=C\C/C=C\CCC(=O)O[C@H](COC(=O)CCC/C=C\C/C=C\C/C=C\C/C=C\CCCCC)COP(=O)(O)OCC(O)COP(=O)(O)OC[C@@H](COC(=O)CCCCCCC/C=C\C/C=C\CCCCC)OC(=O)CCCCCCC/C=C\C/C=C\CCCCC. The molecule has 0 radical (unpaired) electrons. The molecule has 602 valence electrons. The zero-order valence-electron chi connectivity index (χ0n) is 65.8. The highest BCUT2D eigenvalue weighted by molar-refractivity contribution is 7.47. The summed E-state index contributed by atoms with van der Waals surface area (Å²) in [6.07, 6.45) is 92.1. The summed E-state index contributed by atoms with van der Waals surface area (Å²) in [6.45, 7) is 4.49. The van der Waals surface area contributed by atoms with Gasteiger partial charge in [-0.2, -0.15) is 0 Å². The number of hydrogen-bond donors (Lipinski definition) is 3. The predicted octanol–water partition coefficient (Wildman–Crippen LogP) is 23.8. The van der Waals surface area contributed by atoms with Crippen LogP contribution in [0.25, 0.3) is 0 Å². The number of unbranched alkanes of at least 4 members (excludes halogenated alkanes) is 20. The predicted molar refractivity (Wildman–Crippen MR) is 436 cm³/mol. The first kappa shape index (κ1) is 100. The van der Waals surface area contributed by atoms with E-state index in [2.05, 4.69) is 167 Å². The molecule has 0 aliphatic heterocycles. The standard InChI is InChI=1S/C87H142O17P2/c1-5-9-13-17-21-25-29-33-37-39-40-42-46-50-54-58-62-66-70-74-87(92)104-83(78-98-85(90)72-68-64-60-56-52-48-45-41-38-34-30-26-22-18-14-10-6-2)80-102-106(95,96)100-76-81(88)75-99-105(93,94)101-79-82(103-86(91)73-69-65-61-57-53-49-44-36-32-28-24-20-16-12-8-4)77-97-84(89)71-67-63-59-55-51-47-43-35-31-27-23-19-15-11-7-3/h9,13,21-28,33-38,40,42-45,48,50,54,56,60,62,66,81-83,88H,5-8,10-12,14-20,29-32,39,41,46-47,49,51-53,55,57-59,61,63-65,67-80H2,1-4H3,(H,93,94)(H,95,96)/b13-9-,25-21-,26-22-,27-23-,28-24-,37-33-,38-34-,42-40-,43-35-,44-36-,48-45-,54-50-,60-56-,66-62-/t81?,82-,83-/m1/s1. The molecule has 0 aliphatic carbocycles. The van der Waals surface area contributed by atoms with Crippen LogP contribution in [0.2, 0.25) is 0 Å². The van der Waals surface area contributed by atoms with Gasteiger partial charge in [0.25, 0.3) is 0 Å². The summed E-state index contributed by atoms with van der Waals surface area (Å²) < 4.78 is 68.5. The Hall–Kier alpha value is -5.58. The van der Waals surface area contributed by atoms with E-state index in [1.807, 2.05) is 30.4 Å². The van der Waals surface area contributed by atoms with Crippen LogP contribution in [0.5, 0.6) is 0 Å². The fourth-order valence-corrected chi connectivity index (χ4v) is 11.6. The van der Waals surface area contributed by atoms with E-state index in [1.165, 1.54) is 57.8 Å². The van der Waals surface area contributed by atoms with E-state index in [4.69, 9.17) is 37.0 Å². The summed E-state index contributed by atoms with van der Waals surface area (Å²) >= 11 is 0. The van der Waals surface area contributed by atoms with E-state index in [0.29, 0.717) is 38.5 Å². The zero-order chi connectivity index (χ0) is 77.4. The third kappa shape index (κ3) is 76.6. The topological polar surface area (TPSA) is 237 Å². The normalized spacial score (nSPS) is 14.7. The number of phosphoric acid groups is 2. The Morgan fingerprint density at radius 2 is 0.519 bits per heavy atom. The van der Waals surface area contributed by atoms with E-state index >= 15 is 0 Å². The van der Waals surface area contributed by atoms with Gasteiger partial charge < -0.3 is 33.8 Å². The van der Waals surface area contributed by atoms with E-state index in [0.717, 1.165) is 148 Å². The van der Waals surface area contributed by atoms with Crippen molar-refractivity contribution in [3.8, 4) is 0 Å². The van der Waals surface area contributed by atoms with Crippen molar-refractivity contribution < 1.29 is 80.2 Å². The molecule has 17 nitrogen and oxygen atoms in total. The minimum atomic E-state index is -5.02. The van der Waals surface area contributed by atoms with Crippen molar-refractivity contribution in [2.45, 2.75) is 316 Å². The lowest BCUT2D eigenvalue weighted by Gasteiger charge is -2.21. The van der Waals surface area contributed by atoms with Crippen LogP contribution < -0.4 is 0 Å². The van der Waals surface area contributed by atoms with E-state index in [1.54, 1.807) is 0 Å². The van der Waals surface area contributed by atoms with Crippen LogP contribution in [0.3, 0.4) is 0 Å². The molecule has 0 saturated carbocycles. The van der Waals surface area contributed by atoms with Gasteiger partial charge in [-0.1, -0.05) is 275 Å². The van der Waals surface area contributed by atoms with Crippen LogP contribution in [0.15, 0.2) is 170 Å². The number of carbonyl (C=O) groups is 4. The molecule has 0 bridgehead atoms. The third-order valence-corrected chi connectivity index (χ3v) is 18.0. The molecule has 0 aromatic rings. The molecule has 3 unspecified atom stereocenters. The molecular formula is C87H142O17P2. The first-order valence-corrected chi connectivity index (χ1v) is 43.4. The maximum Gasteiger partial charge on any atom is 0.472 e. The second kappa shape index (κ2) is 77.6. The van der Waals surface area contributed by atoms with Crippen molar-refractivity contribution in [1.82, 2.24) is 0 Å². The van der Waals surface area contributed by atoms with Gasteiger partial charge in [0, 0.05) is 25.7 Å². The van der Waals surface area contributed by atoms with Gasteiger partial charge in [0.2, 0.25) is 0 Å². The Bertz CT molecular complexity index is 2680. The molecule has 106 heavy (non-hydrogen) atoms. The number of ether oxygens (including phenoxy) is 4. The van der Waals surface area contributed by atoms with Crippen LogP contribution in [-0.2, 0) is 65.4 Å². The second-order valence-electron chi connectivity index (χ2n) is 26.3. The monoisotopic (exact) mass is 1520 g/mol. The first-order chi connectivity index (χ1) is 51.7. The highest BCUT2D eigenvalue weighted by Crippen LogP contribution is 2.45. The summed E-state index contributed by atoms with van der Waals surface area (Å²) in [4.78, 5) is 73.0. The second-order valence-corrected chi connectivity index (χ2v) is 29.2. The van der Waals surface area contributed by atoms with Crippen molar-refractivity contribution in [2.75, 3.05) is 39.6 Å². The van der Waals surface area contributed by atoms with E-state index < -0.39 is 97.5 Å². The Morgan fingerprint density at radius 1 is 0.274 bits per heavy atom. The molecule has 0 aromatic carbocycles. The lowest BCUT2D eigenvalue weighted by molar-refractivity contribution is -0.161. The summed E-state index contributed by atoms with van der Waals surface area (Å²) in [6, 6.07) is 0. The quantitative estimate of drug-likeness (QED) is 0.0169. The maximum absolute atomic E-state index is 13.1. The average molecular weight is 1520 g/mol. The van der Waals surface area contributed by atoms with Gasteiger partial charge in [0.1, 0.15) is 19.3 Å². The number of allylic oxidation sites excluding steroid dienone is 28. The first-order valence-electron chi connectivity index (χ1n) is 40.4. The van der Waals surface area contributed by atoms with E-state index in [-0.39, 0.29) is 25.7 Å². The fourth-order valence-electron chi connectivity index (χ4n) is 10.0. The number of phosphoric ester groups is 2. The number of aliphatic hydroxyl groups excluding tert-OH is 1. The molecule has 0 aliphatic rings. The van der Waals surface area contributed by atoms with Gasteiger partial charge in [-0.25, -0.2) is 9.13 Å². The summed E-state index contributed by atoms with van der Waals surface area (Å²) in [5.74, 6) is -2.38. The minimum Gasteiger partial charge on any atom is -0.462 e. The Balaban J connectivity index is 5.53. The minimum absolute atomic E-state index is 0.0486. The molecule has 0 aromatic heterocycles. The van der Waals surface area contributed by atoms with Crippen molar-refractivity contribution in [1.29, 1.82) is 0 Å². The van der Waals surface area contributed by atoms with Crippen molar-refractivity contribution >= 4 is 39.5 Å². The van der Waals surface area contributed by atoms with Crippen LogP contribution in [0, 0.1) is 0 Å². The van der Waals surface area contributed by atoms with Crippen LogP contribution in [-0.4, -0.2) is 96.7 Å². The highest BCUT2D eigenvalue weighted by Gasteiger charge is 2.30. The van der Waals surface area contributed by atoms with Gasteiger partial charge in [0.15, 0.2) is 12.2 Å². The van der Waals surface area contributed by atoms with Crippen LogP contribution in [0.1, 0.15) is 297 Å². The molecule has 0 fully saturated rings.